The highest BCUT2D eigenvalue weighted by Crippen LogP contribution is 2.13. The molecule has 1 aliphatic heterocycles. The van der Waals surface area contributed by atoms with Crippen molar-refractivity contribution >= 4 is 17.4 Å². The lowest BCUT2D eigenvalue weighted by molar-refractivity contribution is 0.0950. The van der Waals surface area contributed by atoms with Crippen molar-refractivity contribution in [2.24, 2.45) is 0 Å². The maximum atomic E-state index is 11.6. The molecule has 0 saturated carbocycles. The van der Waals surface area contributed by atoms with Gasteiger partial charge in [0.2, 0.25) is 0 Å². The van der Waals surface area contributed by atoms with E-state index in [2.05, 4.69) is 15.7 Å². The van der Waals surface area contributed by atoms with Crippen molar-refractivity contribution in [2.75, 3.05) is 19.7 Å². The van der Waals surface area contributed by atoms with E-state index in [0.29, 0.717) is 12.6 Å². The van der Waals surface area contributed by atoms with Gasteiger partial charge in [0.05, 0.1) is 6.61 Å². The summed E-state index contributed by atoms with van der Waals surface area (Å²) in [7, 11) is 0. The quantitative estimate of drug-likeness (QED) is 0.920. The molecule has 0 radical (unpaired) electrons. The third-order valence-electron chi connectivity index (χ3n) is 3.23. The van der Waals surface area contributed by atoms with Crippen LogP contribution in [0.25, 0.3) is 0 Å². The fraction of sp³-hybridized carbons (Fsp3) is 0.692. The molecule has 0 aromatic carbocycles. The summed E-state index contributed by atoms with van der Waals surface area (Å²) in [6.45, 7) is 6.66. The number of amides is 1. The van der Waals surface area contributed by atoms with Crippen LogP contribution < -0.4 is 5.32 Å². The third kappa shape index (κ3) is 4.18. The number of rotatable bonds is 4. The number of aryl methyl sites for hydroxylation is 1. The molecule has 5 nitrogen and oxygen atoms in total. The van der Waals surface area contributed by atoms with E-state index in [4.69, 9.17) is 4.74 Å². The Morgan fingerprint density at radius 1 is 1.58 bits per heavy atom. The highest BCUT2D eigenvalue weighted by Gasteiger charge is 2.23. The highest BCUT2D eigenvalue weighted by atomic mass is 32.1. The number of carbonyl (C=O) groups is 1. The summed E-state index contributed by atoms with van der Waals surface area (Å²) < 4.78 is 5.01. The van der Waals surface area contributed by atoms with E-state index >= 15 is 0 Å². The molecule has 1 amide bonds. The topological polar surface area (TPSA) is 54.5 Å². The van der Waals surface area contributed by atoms with Crippen LogP contribution in [0.4, 0.5) is 4.79 Å². The number of nitrogens with one attached hydrogen (secondary N) is 1. The SMILES string of the molecule is CCOC(=O)N1CCC(NCc2nc(C)cs2)CC1. The van der Waals surface area contributed by atoms with Crippen LogP contribution in [0.15, 0.2) is 5.38 Å². The van der Waals surface area contributed by atoms with Gasteiger partial charge in [-0.25, -0.2) is 9.78 Å². The number of thiazole rings is 1. The minimum atomic E-state index is -0.184. The molecule has 106 valence electrons. The van der Waals surface area contributed by atoms with E-state index in [1.807, 2.05) is 13.8 Å². The van der Waals surface area contributed by atoms with E-state index in [-0.39, 0.29) is 6.09 Å². The van der Waals surface area contributed by atoms with E-state index in [0.717, 1.165) is 43.2 Å². The summed E-state index contributed by atoms with van der Waals surface area (Å²) in [5.41, 5.74) is 1.08. The van der Waals surface area contributed by atoms with Crippen LogP contribution in [0.2, 0.25) is 0 Å². The molecule has 1 aliphatic rings. The summed E-state index contributed by atoms with van der Waals surface area (Å²) in [5.74, 6) is 0. The summed E-state index contributed by atoms with van der Waals surface area (Å²) in [6.07, 6.45) is 1.77. The summed E-state index contributed by atoms with van der Waals surface area (Å²) in [6, 6.07) is 0.467. The number of piperidine rings is 1. The average Bonchev–Trinajstić information content (AvgIpc) is 2.83. The Kier molecular flexibility index (Phi) is 5.15. The van der Waals surface area contributed by atoms with Gasteiger partial charge in [0.15, 0.2) is 0 Å². The molecule has 1 N–H and O–H groups in total. The van der Waals surface area contributed by atoms with Gasteiger partial charge < -0.3 is 15.0 Å². The Balaban J connectivity index is 1.70. The Hall–Kier alpha value is -1.14. The second kappa shape index (κ2) is 6.86. The van der Waals surface area contributed by atoms with Gasteiger partial charge in [-0.1, -0.05) is 0 Å². The van der Waals surface area contributed by atoms with Crippen molar-refractivity contribution in [2.45, 2.75) is 39.3 Å². The number of carbonyl (C=O) groups excluding carboxylic acids is 1. The van der Waals surface area contributed by atoms with Gasteiger partial charge in [0.1, 0.15) is 5.01 Å². The summed E-state index contributed by atoms with van der Waals surface area (Å²) in [4.78, 5) is 17.8. The lowest BCUT2D eigenvalue weighted by Crippen LogP contribution is -2.44. The average molecular weight is 283 g/mol. The van der Waals surface area contributed by atoms with Crippen molar-refractivity contribution in [1.82, 2.24) is 15.2 Å². The minimum absolute atomic E-state index is 0.184. The van der Waals surface area contributed by atoms with Crippen molar-refractivity contribution < 1.29 is 9.53 Å². The lowest BCUT2D eigenvalue weighted by atomic mass is 10.1. The first kappa shape index (κ1) is 14.3. The molecular formula is C13H21N3O2S. The van der Waals surface area contributed by atoms with Crippen molar-refractivity contribution in [3.8, 4) is 0 Å². The minimum Gasteiger partial charge on any atom is -0.450 e. The second-order valence-corrected chi connectivity index (χ2v) is 5.67. The van der Waals surface area contributed by atoms with Crippen LogP contribution in [-0.2, 0) is 11.3 Å². The van der Waals surface area contributed by atoms with E-state index in [9.17, 15) is 4.79 Å². The van der Waals surface area contributed by atoms with Gasteiger partial charge in [0.25, 0.3) is 0 Å². The molecule has 0 atom stereocenters. The maximum Gasteiger partial charge on any atom is 0.409 e. The van der Waals surface area contributed by atoms with Crippen LogP contribution in [0, 0.1) is 6.92 Å². The standard InChI is InChI=1S/C13H21N3O2S/c1-3-18-13(17)16-6-4-11(5-7-16)14-8-12-15-10(2)9-19-12/h9,11,14H,3-8H2,1-2H3. The zero-order valence-corrected chi connectivity index (χ0v) is 12.3. The molecule has 2 rings (SSSR count). The largest absolute Gasteiger partial charge is 0.450 e. The molecule has 19 heavy (non-hydrogen) atoms. The zero-order valence-electron chi connectivity index (χ0n) is 11.5. The monoisotopic (exact) mass is 283 g/mol. The molecule has 0 spiro atoms. The second-order valence-electron chi connectivity index (χ2n) is 4.72. The van der Waals surface area contributed by atoms with Gasteiger partial charge in [-0.15, -0.1) is 11.3 Å². The normalized spacial score (nSPS) is 16.6. The first-order valence-corrected chi connectivity index (χ1v) is 7.63. The van der Waals surface area contributed by atoms with Crippen LogP contribution in [0.5, 0.6) is 0 Å². The number of ether oxygens (including phenoxy) is 1. The van der Waals surface area contributed by atoms with E-state index in [1.165, 1.54) is 0 Å². The fourth-order valence-corrected chi connectivity index (χ4v) is 2.92. The van der Waals surface area contributed by atoms with Gasteiger partial charge in [-0.3, -0.25) is 0 Å². The molecule has 1 fully saturated rings. The maximum absolute atomic E-state index is 11.6. The van der Waals surface area contributed by atoms with Gasteiger partial charge in [-0.2, -0.15) is 0 Å². The number of hydrogen-bond donors (Lipinski definition) is 1. The van der Waals surface area contributed by atoms with Crippen LogP contribution >= 0.6 is 11.3 Å². The molecule has 1 aromatic heterocycles. The van der Waals surface area contributed by atoms with Gasteiger partial charge >= 0.3 is 6.09 Å². The first-order chi connectivity index (χ1) is 9.19. The number of nitrogens with zero attached hydrogens (tertiary/aromatic N) is 2. The van der Waals surface area contributed by atoms with Crippen LogP contribution in [-0.4, -0.2) is 41.7 Å². The van der Waals surface area contributed by atoms with E-state index < -0.39 is 0 Å². The van der Waals surface area contributed by atoms with E-state index in [1.54, 1.807) is 16.2 Å². The molecule has 1 saturated heterocycles. The molecule has 1 aromatic rings. The zero-order chi connectivity index (χ0) is 13.7. The molecule has 0 aliphatic carbocycles. The number of hydrogen-bond acceptors (Lipinski definition) is 5. The van der Waals surface area contributed by atoms with Crippen LogP contribution in [0.3, 0.4) is 0 Å². The third-order valence-corrected chi connectivity index (χ3v) is 4.20. The smallest absolute Gasteiger partial charge is 0.409 e. The number of likely N-dealkylation sites (tertiary alicyclic amines) is 1. The highest BCUT2D eigenvalue weighted by molar-refractivity contribution is 7.09. The van der Waals surface area contributed by atoms with Crippen LogP contribution in [0.1, 0.15) is 30.5 Å². The molecule has 0 bridgehead atoms. The number of aromatic nitrogens is 1. The molecule has 0 unspecified atom stereocenters. The Morgan fingerprint density at radius 3 is 2.89 bits per heavy atom. The van der Waals surface area contributed by atoms with Crippen molar-refractivity contribution in [1.29, 1.82) is 0 Å². The Bertz CT molecular complexity index is 414. The molecular weight excluding hydrogens is 262 g/mol. The first-order valence-electron chi connectivity index (χ1n) is 6.75. The molecule has 6 heteroatoms. The lowest BCUT2D eigenvalue weighted by Gasteiger charge is -2.31. The predicted octanol–water partition coefficient (Wildman–Crippen LogP) is 2.16. The van der Waals surface area contributed by atoms with Crippen molar-refractivity contribution in [3.63, 3.8) is 0 Å². The molecule has 2 heterocycles. The summed E-state index contributed by atoms with van der Waals surface area (Å²) in [5, 5.41) is 6.71. The Morgan fingerprint density at radius 2 is 2.32 bits per heavy atom. The van der Waals surface area contributed by atoms with Crippen molar-refractivity contribution in [3.05, 3.63) is 16.1 Å². The predicted molar refractivity (Wildman–Crippen MR) is 75.3 cm³/mol. The Labute approximate surface area is 118 Å². The van der Waals surface area contributed by atoms with Gasteiger partial charge in [-0.05, 0) is 26.7 Å². The van der Waals surface area contributed by atoms with Gasteiger partial charge in [0, 0.05) is 36.8 Å². The summed E-state index contributed by atoms with van der Waals surface area (Å²) >= 11 is 1.69. The fourth-order valence-electron chi connectivity index (χ4n) is 2.20.